The van der Waals surface area contributed by atoms with Crippen LogP contribution < -0.4 is 16.8 Å². The molecule has 1 aliphatic rings. The van der Waals surface area contributed by atoms with Crippen LogP contribution in [0, 0.1) is 5.92 Å². The van der Waals surface area contributed by atoms with Crippen molar-refractivity contribution in [2.24, 2.45) is 17.4 Å². The molecule has 0 radical (unpaired) electrons. The van der Waals surface area contributed by atoms with Crippen molar-refractivity contribution in [1.29, 1.82) is 0 Å². The Balaban J connectivity index is 2.13. The van der Waals surface area contributed by atoms with Crippen LogP contribution in [0.15, 0.2) is 0 Å². The van der Waals surface area contributed by atoms with Crippen LogP contribution >= 0.6 is 0 Å². The molecule has 0 aromatic carbocycles. The second-order valence-corrected chi connectivity index (χ2v) is 4.56. The van der Waals surface area contributed by atoms with E-state index in [0.29, 0.717) is 12.1 Å². The molecule has 1 rings (SSSR count). The monoisotopic (exact) mass is 199 g/mol. The van der Waals surface area contributed by atoms with Crippen LogP contribution in [0.25, 0.3) is 0 Å². The Kier molecular flexibility index (Phi) is 5.45. The minimum absolute atomic E-state index is 0.461. The van der Waals surface area contributed by atoms with Crippen LogP contribution in [0.1, 0.15) is 39.0 Å². The highest BCUT2D eigenvalue weighted by molar-refractivity contribution is 4.80. The van der Waals surface area contributed by atoms with Gasteiger partial charge in [0.05, 0.1) is 0 Å². The van der Waals surface area contributed by atoms with Crippen LogP contribution in [0.4, 0.5) is 0 Å². The first-order valence-corrected chi connectivity index (χ1v) is 5.93. The fourth-order valence-corrected chi connectivity index (χ4v) is 2.24. The molecule has 3 nitrogen and oxygen atoms in total. The first kappa shape index (κ1) is 12.0. The van der Waals surface area contributed by atoms with Gasteiger partial charge in [0.1, 0.15) is 0 Å². The van der Waals surface area contributed by atoms with E-state index in [9.17, 15) is 0 Å². The minimum Gasteiger partial charge on any atom is -0.330 e. The van der Waals surface area contributed by atoms with Gasteiger partial charge in [-0.25, -0.2) is 0 Å². The van der Waals surface area contributed by atoms with Crippen LogP contribution in [0.3, 0.4) is 0 Å². The molecule has 0 bridgehead atoms. The van der Waals surface area contributed by atoms with Gasteiger partial charge in [0, 0.05) is 12.1 Å². The van der Waals surface area contributed by atoms with E-state index in [2.05, 4.69) is 12.2 Å². The molecule has 1 aliphatic carbocycles. The van der Waals surface area contributed by atoms with E-state index < -0.39 is 0 Å². The van der Waals surface area contributed by atoms with E-state index >= 15 is 0 Å². The van der Waals surface area contributed by atoms with Gasteiger partial charge in [-0.15, -0.1) is 0 Å². The Morgan fingerprint density at radius 1 is 1.29 bits per heavy atom. The molecule has 0 saturated heterocycles. The molecule has 1 atom stereocenters. The number of hydrogen-bond donors (Lipinski definition) is 3. The lowest BCUT2D eigenvalue weighted by Crippen LogP contribution is -2.38. The lowest BCUT2D eigenvalue weighted by Gasteiger charge is -2.31. The largest absolute Gasteiger partial charge is 0.330 e. The van der Waals surface area contributed by atoms with E-state index in [1.165, 1.54) is 25.7 Å². The van der Waals surface area contributed by atoms with Crippen LogP contribution in [-0.4, -0.2) is 25.2 Å². The van der Waals surface area contributed by atoms with Gasteiger partial charge >= 0.3 is 0 Å². The van der Waals surface area contributed by atoms with Crippen molar-refractivity contribution < 1.29 is 0 Å². The van der Waals surface area contributed by atoms with Gasteiger partial charge in [-0.1, -0.05) is 0 Å². The third kappa shape index (κ3) is 3.95. The maximum absolute atomic E-state index is 5.88. The molecule has 1 fully saturated rings. The van der Waals surface area contributed by atoms with Crippen LogP contribution in [0.5, 0.6) is 0 Å². The highest BCUT2D eigenvalue weighted by Crippen LogP contribution is 2.25. The first-order valence-electron chi connectivity index (χ1n) is 5.93. The molecule has 1 saturated carbocycles. The topological polar surface area (TPSA) is 64.1 Å². The lowest BCUT2D eigenvalue weighted by atomic mass is 9.82. The molecular weight excluding hydrogens is 174 g/mol. The predicted molar refractivity (Wildman–Crippen MR) is 61.1 cm³/mol. The minimum atomic E-state index is 0.461. The molecule has 0 spiro atoms. The van der Waals surface area contributed by atoms with Crippen molar-refractivity contribution in [3.63, 3.8) is 0 Å². The Morgan fingerprint density at radius 3 is 2.50 bits per heavy atom. The highest BCUT2D eigenvalue weighted by Gasteiger charge is 2.22. The maximum Gasteiger partial charge on any atom is 0.00670 e. The van der Waals surface area contributed by atoms with Crippen molar-refractivity contribution in [2.75, 3.05) is 13.1 Å². The number of nitrogens with one attached hydrogen (secondary N) is 1. The van der Waals surface area contributed by atoms with E-state index in [0.717, 1.165) is 25.4 Å². The third-order valence-electron chi connectivity index (χ3n) is 3.37. The smallest absolute Gasteiger partial charge is 0.00670 e. The summed E-state index contributed by atoms with van der Waals surface area (Å²) in [5, 5.41) is 3.55. The lowest BCUT2D eigenvalue weighted by molar-refractivity contribution is 0.263. The molecular formula is C11H25N3. The molecule has 14 heavy (non-hydrogen) atoms. The van der Waals surface area contributed by atoms with Crippen molar-refractivity contribution in [2.45, 2.75) is 51.1 Å². The summed E-state index contributed by atoms with van der Waals surface area (Å²) in [5.74, 6) is 0.826. The molecule has 0 unspecified atom stereocenters. The summed E-state index contributed by atoms with van der Waals surface area (Å²) in [6.45, 7) is 4.13. The predicted octanol–water partition coefficient (Wildman–Crippen LogP) is 0.831. The van der Waals surface area contributed by atoms with Gasteiger partial charge in [0.15, 0.2) is 0 Å². The zero-order valence-electron chi connectivity index (χ0n) is 9.34. The molecule has 0 heterocycles. The van der Waals surface area contributed by atoms with Gasteiger partial charge in [-0.05, 0) is 58.0 Å². The second kappa shape index (κ2) is 6.38. The van der Waals surface area contributed by atoms with E-state index in [1.807, 2.05) is 0 Å². The summed E-state index contributed by atoms with van der Waals surface area (Å²) in [6, 6.07) is 1.09. The molecule has 3 heteroatoms. The fourth-order valence-electron chi connectivity index (χ4n) is 2.24. The molecule has 0 amide bonds. The zero-order chi connectivity index (χ0) is 10.4. The summed E-state index contributed by atoms with van der Waals surface area (Å²) in [4.78, 5) is 0. The Bertz CT molecular complexity index is 141. The third-order valence-corrected chi connectivity index (χ3v) is 3.37. The maximum atomic E-state index is 5.88. The quantitative estimate of drug-likeness (QED) is 0.575. The van der Waals surface area contributed by atoms with Crippen molar-refractivity contribution in [3.8, 4) is 0 Å². The summed E-state index contributed by atoms with van der Waals surface area (Å²) in [7, 11) is 0. The standard InChI is InChI=1S/C11H25N3/c1-9(14-8-2-7-12)10-3-5-11(13)6-4-10/h9-11,14H,2-8,12-13H2,1H3/t9-,10?,11?/m0/s1. The SMILES string of the molecule is C[C@H](NCCCN)C1CCC(N)CC1. The average molecular weight is 199 g/mol. The normalized spacial score (nSPS) is 30.2. The van der Waals surface area contributed by atoms with Crippen molar-refractivity contribution >= 4 is 0 Å². The highest BCUT2D eigenvalue weighted by atomic mass is 14.9. The summed E-state index contributed by atoms with van der Waals surface area (Å²) in [5.41, 5.74) is 11.3. The number of nitrogens with two attached hydrogens (primary N) is 2. The van der Waals surface area contributed by atoms with Gasteiger partial charge < -0.3 is 16.8 Å². The van der Waals surface area contributed by atoms with E-state index in [4.69, 9.17) is 11.5 Å². The second-order valence-electron chi connectivity index (χ2n) is 4.56. The van der Waals surface area contributed by atoms with Gasteiger partial charge in [0.25, 0.3) is 0 Å². The van der Waals surface area contributed by atoms with E-state index in [-0.39, 0.29) is 0 Å². The Morgan fingerprint density at radius 2 is 1.93 bits per heavy atom. The Labute approximate surface area is 87.6 Å². The number of hydrogen-bond acceptors (Lipinski definition) is 3. The van der Waals surface area contributed by atoms with Gasteiger partial charge in [-0.3, -0.25) is 0 Å². The average Bonchev–Trinajstić information content (AvgIpc) is 2.19. The van der Waals surface area contributed by atoms with Crippen molar-refractivity contribution in [3.05, 3.63) is 0 Å². The molecule has 0 aromatic rings. The fraction of sp³-hybridized carbons (Fsp3) is 1.00. The van der Waals surface area contributed by atoms with Gasteiger partial charge in [-0.2, -0.15) is 0 Å². The zero-order valence-corrected chi connectivity index (χ0v) is 9.34. The van der Waals surface area contributed by atoms with E-state index in [1.54, 1.807) is 0 Å². The molecule has 0 aromatic heterocycles. The molecule has 0 aliphatic heterocycles. The number of rotatable bonds is 5. The van der Waals surface area contributed by atoms with Crippen LogP contribution in [-0.2, 0) is 0 Å². The van der Waals surface area contributed by atoms with Crippen LogP contribution in [0.2, 0.25) is 0 Å². The molecule has 5 N–H and O–H groups in total. The van der Waals surface area contributed by atoms with Crippen molar-refractivity contribution in [1.82, 2.24) is 5.32 Å². The Hall–Kier alpha value is -0.120. The van der Waals surface area contributed by atoms with Gasteiger partial charge in [0.2, 0.25) is 0 Å². The first-order chi connectivity index (χ1) is 6.74. The summed E-state index contributed by atoms with van der Waals surface area (Å²) >= 11 is 0. The molecule has 84 valence electrons. The summed E-state index contributed by atoms with van der Waals surface area (Å²) < 4.78 is 0. The summed E-state index contributed by atoms with van der Waals surface area (Å²) in [6.07, 6.45) is 6.06.